The minimum atomic E-state index is 0.0184. The fraction of sp³-hybridized carbons (Fsp3) is 0.389. The Kier molecular flexibility index (Phi) is 3.24. The number of hydrogen-bond acceptors (Lipinski definition) is 3. The Morgan fingerprint density at radius 1 is 1.14 bits per heavy atom. The zero-order valence-electron chi connectivity index (χ0n) is 12.1. The van der Waals surface area contributed by atoms with E-state index in [0.717, 1.165) is 26.1 Å². The minimum absolute atomic E-state index is 0.0184. The zero-order valence-corrected chi connectivity index (χ0v) is 12.1. The van der Waals surface area contributed by atoms with E-state index in [-0.39, 0.29) is 6.04 Å². The van der Waals surface area contributed by atoms with Crippen LogP contribution in [0, 0.1) is 0 Å². The van der Waals surface area contributed by atoms with Crippen LogP contribution < -0.4 is 5.73 Å². The lowest BCUT2D eigenvalue weighted by Gasteiger charge is -2.29. The lowest BCUT2D eigenvalue weighted by molar-refractivity contribution is 0.134. The monoisotopic (exact) mass is 280 g/mol. The summed E-state index contributed by atoms with van der Waals surface area (Å²) in [6, 6.07) is 10.8. The standard InChI is InChI=1S/C18H20N2O/c19-17(13-6-7-14-10-21-11-15(14)9-13)16-5-1-3-12-4-2-8-20-18(12)16/h2,4,6-9,16-17H,1,3,5,10-11,19H2. The molecule has 1 aromatic heterocycles. The summed E-state index contributed by atoms with van der Waals surface area (Å²) in [5, 5.41) is 0. The van der Waals surface area contributed by atoms with Gasteiger partial charge in [0.1, 0.15) is 0 Å². The van der Waals surface area contributed by atoms with Gasteiger partial charge in [-0.15, -0.1) is 0 Å². The fourth-order valence-electron chi connectivity index (χ4n) is 3.63. The number of nitrogens with zero attached hydrogens (tertiary/aromatic N) is 1. The first-order chi connectivity index (χ1) is 10.3. The Morgan fingerprint density at radius 3 is 3.00 bits per heavy atom. The van der Waals surface area contributed by atoms with Crippen molar-refractivity contribution in [2.75, 3.05) is 0 Å². The highest BCUT2D eigenvalue weighted by Gasteiger charge is 2.28. The van der Waals surface area contributed by atoms with Crippen molar-refractivity contribution in [1.29, 1.82) is 0 Å². The van der Waals surface area contributed by atoms with E-state index in [1.54, 1.807) is 0 Å². The number of hydrogen-bond donors (Lipinski definition) is 1. The Labute approximate surface area is 125 Å². The summed E-state index contributed by atoms with van der Waals surface area (Å²) < 4.78 is 5.50. The van der Waals surface area contributed by atoms with Gasteiger partial charge < -0.3 is 10.5 Å². The van der Waals surface area contributed by atoms with Gasteiger partial charge in [0, 0.05) is 23.9 Å². The van der Waals surface area contributed by atoms with E-state index >= 15 is 0 Å². The first-order valence-corrected chi connectivity index (χ1v) is 7.72. The number of pyridine rings is 1. The third kappa shape index (κ3) is 2.27. The summed E-state index contributed by atoms with van der Waals surface area (Å²) in [6.07, 6.45) is 5.34. The van der Waals surface area contributed by atoms with Crippen LogP contribution in [-0.2, 0) is 24.4 Å². The second kappa shape index (κ2) is 5.24. The van der Waals surface area contributed by atoms with E-state index in [1.807, 2.05) is 12.3 Å². The molecule has 2 atom stereocenters. The number of aromatic nitrogens is 1. The molecular weight excluding hydrogens is 260 g/mol. The molecule has 2 unspecified atom stereocenters. The third-order valence-electron chi connectivity index (χ3n) is 4.80. The average molecular weight is 280 g/mol. The van der Waals surface area contributed by atoms with Crippen LogP contribution in [0.4, 0.5) is 0 Å². The van der Waals surface area contributed by atoms with Crippen LogP contribution in [0.1, 0.15) is 52.7 Å². The predicted molar refractivity (Wildman–Crippen MR) is 81.8 cm³/mol. The molecule has 2 aliphatic rings. The summed E-state index contributed by atoms with van der Waals surface area (Å²) in [7, 11) is 0. The maximum absolute atomic E-state index is 6.60. The van der Waals surface area contributed by atoms with E-state index in [2.05, 4.69) is 29.2 Å². The largest absolute Gasteiger partial charge is 0.372 e. The topological polar surface area (TPSA) is 48.1 Å². The van der Waals surface area contributed by atoms with Gasteiger partial charge in [-0.2, -0.15) is 0 Å². The van der Waals surface area contributed by atoms with E-state index < -0.39 is 0 Å². The quantitative estimate of drug-likeness (QED) is 0.918. The molecule has 3 heteroatoms. The zero-order chi connectivity index (χ0) is 14.2. The van der Waals surface area contributed by atoms with Crippen LogP contribution >= 0.6 is 0 Å². The number of aryl methyl sites for hydroxylation is 1. The summed E-state index contributed by atoms with van der Waals surface area (Å²) in [4.78, 5) is 4.62. The van der Waals surface area contributed by atoms with Crippen molar-refractivity contribution in [2.24, 2.45) is 5.73 Å². The van der Waals surface area contributed by atoms with Gasteiger partial charge in [-0.3, -0.25) is 4.98 Å². The maximum atomic E-state index is 6.60. The van der Waals surface area contributed by atoms with Crippen molar-refractivity contribution >= 4 is 0 Å². The normalized spacial score (nSPS) is 21.7. The first kappa shape index (κ1) is 13.0. The molecule has 2 aromatic rings. The van der Waals surface area contributed by atoms with Crippen LogP contribution in [-0.4, -0.2) is 4.98 Å². The molecule has 0 amide bonds. The molecule has 108 valence electrons. The molecule has 0 fully saturated rings. The van der Waals surface area contributed by atoms with Crippen LogP contribution in [0.5, 0.6) is 0 Å². The minimum Gasteiger partial charge on any atom is -0.372 e. The second-order valence-electron chi connectivity index (χ2n) is 6.09. The van der Waals surface area contributed by atoms with Gasteiger partial charge in [-0.25, -0.2) is 0 Å². The predicted octanol–water partition coefficient (Wildman–Crippen LogP) is 3.23. The lowest BCUT2D eigenvalue weighted by Crippen LogP contribution is -2.24. The number of ether oxygens (including phenoxy) is 1. The Bertz CT molecular complexity index is 668. The molecular formula is C18H20N2O. The average Bonchev–Trinajstić information content (AvgIpc) is 3.01. The van der Waals surface area contributed by atoms with Crippen molar-refractivity contribution in [3.63, 3.8) is 0 Å². The van der Waals surface area contributed by atoms with Gasteiger partial charge >= 0.3 is 0 Å². The molecule has 1 aliphatic carbocycles. The van der Waals surface area contributed by atoms with Crippen LogP contribution in [0.2, 0.25) is 0 Å². The Hall–Kier alpha value is -1.71. The number of benzene rings is 1. The molecule has 1 aromatic carbocycles. The number of nitrogens with two attached hydrogens (primary N) is 1. The Morgan fingerprint density at radius 2 is 2.05 bits per heavy atom. The maximum Gasteiger partial charge on any atom is 0.0725 e. The highest BCUT2D eigenvalue weighted by atomic mass is 16.5. The van der Waals surface area contributed by atoms with Gasteiger partial charge in [0.05, 0.1) is 13.2 Å². The summed E-state index contributed by atoms with van der Waals surface area (Å²) in [5.74, 6) is 0.329. The van der Waals surface area contributed by atoms with Gasteiger partial charge in [-0.05, 0) is 47.6 Å². The molecule has 0 saturated carbocycles. The highest BCUT2D eigenvalue weighted by molar-refractivity contribution is 5.37. The van der Waals surface area contributed by atoms with Crippen LogP contribution in [0.15, 0.2) is 36.5 Å². The molecule has 1 aliphatic heterocycles. The summed E-state index contributed by atoms with van der Waals surface area (Å²) in [6.45, 7) is 1.45. The van der Waals surface area contributed by atoms with E-state index in [1.165, 1.54) is 34.4 Å². The van der Waals surface area contributed by atoms with Gasteiger partial charge in [0.2, 0.25) is 0 Å². The number of fused-ring (bicyclic) bond motifs is 2. The first-order valence-electron chi connectivity index (χ1n) is 7.72. The second-order valence-corrected chi connectivity index (χ2v) is 6.09. The third-order valence-corrected chi connectivity index (χ3v) is 4.80. The molecule has 2 heterocycles. The fourth-order valence-corrected chi connectivity index (χ4v) is 3.63. The van der Waals surface area contributed by atoms with Crippen LogP contribution in [0.25, 0.3) is 0 Å². The Balaban J connectivity index is 1.68. The van der Waals surface area contributed by atoms with Crippen LogP contribution in [0.3, 0.4) is 0 Å². The summed E-state index contributed by atoms with van der Waals surface area (Å²) >= 11 is 0. The molecule has 0 saturated heterocycles. The van der Waals surface area contributed by atoms with Crippen molar-refractivity contribution in [1.82, 2.24) is 4.98 Å². The molecule has 0 radical (unpaired) electrons. The van der Waals surface area contributed by atoms with Crippen molar-refractivity contribution < 1.29 is 4.74 Å². The summed E-state index contributed by atoms with van der Waals surface area (Å²) in [5.41, 5.74) is 13.0. The van der Waals surface area contributed by atoms with Gasteiger partial charge in [0.15, 0.2) is 0 Å². The molecule has 3 nitrogen and oxygen atoms in total. The van der Waals surface area contributed by atoms with E-state index in [9.17, 15) is 0 Å². The smallest absolute Gasteiger partial charge is 0.0725 e. The number of rotatable bonds is 2. The molecule has 21 heavy (non-hydrogen) atoms. The van der Waals surface area contributed by atoms with Crippen molar-refractivity contribution in [3.05, 3.63) is 64.5 Å². The van der Waals surface area contributed by atoms with Crippen molar-refractivity contribution in [3.8, 4) is 0 Å². The van der Waals surface area contributed by atoms with Crippen molar-refractivity contribution in [2.45, 2.75) is 44.4 Å². The van der Waals surface area contributed by atoms with E-state index in [0.29, 0.717) is 5.92 Å². The van der Waals surface area contributed by atoms with Gasteiger partial charge in [0.25, 0.3) is 0 Å². The van der Waals surface area contributed by atoms with Gasteiger partial charge in [-0.1, -0.05) is 24.3 Å². The SMILES string of the molecule is NC(c1ccc2c(c1)COC2)C1CCCc2cccnc21. The lowest BCUT2D eigenvalue weighted by atomic mass is 9.79. The molecule has 2 N–H and O–H groups in total. The molecule has 4 rings (SSSR count). The molecule has 0 spiro atoms. The molecule has 0 bridgehead atoms. The van der Waals surface area contributed by atoms with E-state index in [4.69, 9.17) is 10.5 Å². The highest BCUT2D eigenvalue weighted by Crippen LogP contribution is 2.38.